The van der Waals surface area contributed by atoms with Crippen LogP contribution in [0.2, 0.25) is 0 Å². The van der Waals surface area contributed by atoms with Crippen LogP contribution in [0, 0.1) is 17.3 Å². The maximum absolute atomic E-state index is 11.7. The Bertz CT molecular complexity index is 469. The number of carbonyl (C=O) groups is 1. The van der Waals surface area contributed by atoms with E-state index >= 15 is 0 Å². The molecule has 4 nitrogen and oxygen atoms in total. The van der Waals surface area contributed by atoms with Gasteiger partial charge in [0.15, 0.2) is 0 Å². The Kier molecular flexibility index (Phi) is 2.67. The smallest absolute Gasteiger partial charge is 0.334 e. The molecule has 1 aliphatic heterocycles. The molecule has 2 N–H and O–H groups in total. The van der Waals surface area contributed by atoms with Crippen molar-refractivity contribution in [3.8, 4) is 0 Å². The zero-order chi connectivity index (χ0) is 13.9. The number of hydrogen-bond acceptors (Lipinski definition) is 4. The first-order valence-electron chi connectivity index (χ1n) is 6.80. The Morgan fingerprint density at radius 1 is 1.37 bits per heavy atom. The van der Waals surface area contributed by atoms with Gasteiger partial charge in [0.05, 0.1) is 18.1 Å². The van der Waals surface area contributed by atoms with Gasteiger partial charge in [0, 0.05) is 16.9 Å². The van der Waals surface area contributed by atoms with E-state index < -0.39 is 29.7 Å². The van der Waals surface area contributed by atoms with Crippen molar-refractivity contribution < 1.29 is 19.7 Å². The quantitative estimate of drug-likeness (QED) is 0.392. The average molecular weight is 264 g/mol. The van der Waals surface area contributed by atoms with Gasteiger partial charge >= 0.3 is 5.97 Å². The zero-order valence-electron chi connectivity index (χ0n) is 11.1. The maximum atomic E-state index is 11.7. The van der Waals surface area contributed by atoms with E-state index in [2.05, 4.69) is 13.2 Å². The van der Waals surface area contributed by atoms with Crippen LogP contribution in [0.25, 0.3) is 0 Å². The fourth-order valence-electron chi connectivity index (χ4n) is 4.26. The molecule has 0 bridgehead atoms. The normalized spacial score (nSPS) is 49.6. The van der Waals surface area contributed by atoms with E-state index in [1.807, 2.05) is 6.92 Å². The van der Waals surface area contributed by atoms with Crippen molar-refractivity contribution in [3.63, 3.8) is 0 Å². The van der Waals surface area contributed by atoms with Crippen molar-refractivity contribution in [2.75, 3.05) is 0 Å². The highest BCUT2D eigenvalue weighted by molar-refractivity contribution is 5.91. The molecule has 0 unspecified atom stereocenters. The number of carbonyl (C=O) groups excluding carboxylic acids is 1. The number of aliphatic hydroxyl groups is 2. The van der Waals surface area contributed by atoms with Gasteiger partial charge in [-0.2, -0.15) is 0 Å². The molecular formula is C15H20O4. The minimum Gasteiger partial charge on any atom is -0.458 e. The minimum absolute atomic E-state index is 0.0900. The van der Waals surface area contributed by atoms with E-state index in [0.717, 1.165) is 12.0 Å². The Morgan fingerprint density at radius 2 is 2.05 bits per heavy atom. The third-order valence-corrected chi connectivity index (χ3v) is 5.30. The maximum Gasteiger partial charge on any atom is 0.334 e. The Hall–Kier alpha value is -1.13. The highest BCUT2D eigenvalue weighted by Gasteiger charge is 2.61. The molecule has 0 aromatic rings. The average Bonchev–Trinajstić information content (AvgIpc) is 2.61. The topological polar surface area (TPSA) is 66.8 Å². The highest BCUT2D eigenvalue weighted by atomic mass is 16.6. The molecule has 4 heteroatoms. The van der Waals surface area contributed by atoms with E-state index in [0.29, 0.717) is 18.4 Å². The number of hydrogen-bond donors (Lipinski definition) is 2. The van der Waals surface area contributed by atoms with Crippen LogP contribution in [-0.2, 0) is 9.53 Å². The molecule has 1 saturated heterocycles. The van der Waals surface area contributed by atoms with Crippen molar-refractivity contribution in [2.24, 2.45) is 17.3 Å². The fraction of sp³-hybridized carbons (Fsp3) is 0.667. The molecule has 3 aliphatic rings. The van der Waals surface area contributed by atoms with Gasteiger partial charge in [0.25, 0.3) is 0 Å². The monoisotopic (exact) mass is 264 g/mol. The van der Waals surface area contributed by atoms with Crippen molar-refractivity contribution in [2.45, 2.75) is 44.5 Å². The number of ether oxygens (including phenoxy) is 1. The molecule has 104 valence electrons. The summed E-state index contributed by atoms with van der Waals surface area (Å²) in [5, 5.41) is 20.7. The highest BCUT2D eigenvalue weighted by Crippen LogP contribution is 2.57. The Morgan fingerprint density at radius 3 is 2.74 bits per heavy atom. The molecule has 2 saturated carbocycles. The summed E-state index contributed by atoms with van der Waals surface area (Å²) in [6, 6.07) is 0. The fourth-order valence-corrected chi connectivity index (χ4v) is 4.26. The molecule has 0 aromatic heterocycles. The van der Waals surface area contributed by atoms with Crippen LogP contribution in [0.1, 0.15) is 26.2 Å². The summed E-state index contributed by atoms with van der Waals surface area (Å²) in [5.41, 5.74) is 0.894. The minimum atomic E-state index is -0.689. The summed E-state index contributed by atoms with van der Waals surface area (Å²) in [5.74, 6) is -0.869. The van der Waals surface area contributed by atoms with Gasteiger partial charge in [-0.25, -0.2) is 4.79 Å². The van der Waals surface area contributed by atoms with E-state index in [-0.39, 0.29) is 11.8 Å². The second-order valence-corrected chi connectivity index (χ2v) is 6.39. The molecule has 0 aromatic carbocycles. The van der Waals surface area contributed by atoms with Crippen LogP contribution in [0.3, 0.4) is 0 Å². The van der Waals surface area contributed by atoms with Crippen molar-refractivity contribution in [3.05, 3.63) is 24.3 Å². The summed E-state index contributed by atoms with van der Waals surface area (Å²) in [7, 11) is 0. The second-order valence-electron chi connectivity index (χ2n) is 6.39. The van der Waals surface area contributed by atoms with Gasteiger partial charge in [0.1, 0.15) is 6.10 Å². The second kappa shape index (κ2) is 3.93. The van der Waals surface area contributed by atoms with Crippen LogP contribution < -0.4 is 0 Å². The lowest BCUT2D eigenvalue weighted by Crippen LogP contribution is -2.57. The molecule has 1 heterocycles. The molecule has 19 heavy (non-hydrogen) atoms. The first-order chi connectivity index (χ1) is 8.86. The predicted octanol–water partition coefficient (Wildman–Crippen LogP) is 1.18. The summed E-state index contributed by atoms with van der Waals surface area (Å²) < 4.78 is 5.43. The SMILES string of the molecule is C=C1C(=O)O[C@@H]2[C@H]1[C@H](O)C[C@]1(C)[C@@H](O)CCC(=C)[C@@H]21. The van der Waals surface area contributed by atoms with E-state index in [4.69, 9.17) is 4.74 Å². The van der Waals surface area contributed by atoms with E-state index in [1.165, 1.54) is 0 Å². The summed E-state index contributed by atoms with van der Waals surface area (Å²) >= 11 is 0. The molecule has 3 rings (SSSR count). The van der Waals surface area contributed by atoms with Crippen LogP contribution in [0.5, 0.6) is 0 Å². The van der Waals surface area contributed by atoms with E-state index in [9.17, 15) is 15.0 Å². The van der Waals surface area contributed by atoms with Gasteiger partial charge in [-0.1, -0.05) is 25.7 Å². The molecule has 0 amide bonds. The van der Waals surface area contributed by atoms with Gasteiger partial charge < -0.3 is 14.9 Å². The van der Waals surface area contributed by atoms with Crippen LogP contribution in [-0.4, -0.2) is 34.5 Å². The van der Waals surface area contributed by atoms with Crippen LogP contribution in [0.4, 0.5) is 0 Å². The summed E-state index contributed by atoms with van der Waals surface area (Å²) in [6.07, 6.45) is 0.248. The Labute approximate surface area is 112 Å². The predicted molar refractivity (Wildman–Crippen MR) is 69.1 cm³/mol. The van der Waals surface area contributed by atoms with Crippen LogP contribution >= 0.6 is 0 Å². The number of fused-ring (bicyclic) bond motifs is 3. The molecular weight excluding hydrogens is 244 g/mol. The Balaban J connectivity index is 2.05. The van der Waals surface area contributed by atoms with Gasteiger partial charge in [-0.05, 0) is 19.3 Å². The first-order valence-corrected chi connectivity index (χ1v) is 6.80. The molecule has 6 atom stereocenters. The lowest BCUT2D eigenvalue weighted by Gasteiger charge is -2.54. The molecule has 2 aliphatic carbocycles. The van der Waals surface area contributed by atoms with Gasteiger partial charge in [-0.3, -0.25) is 0 Å². The molecule has 3 fully saturated rings. The van der Waals surface area contributed by atoms with Crippen molar-refractivity contribution >= 4 is 5.97 Å². The molecule has 0 spiro atoms. The summed E-state index contributed by atoms with van der Waals surface area (Å²) in [6.45, 7) is 9.81. The largest absolute Gasteiger partial charge is 0.458 e. The zero-order valence-corrected chi connectivity index (χ0v) is 11.1. The van der Waals surface area contributed by atoms with E-state index in [1.54, 1.807) is 0 Å². The van der Waals surface area contributed by atoms with Crippen LogP contribution in [0.15, 0.2) is 24.3 Å². The number of esters is 1. The summed E-state index contributed by atoms with van der Waals surface area (Å²) in [4.78, 5) is 11.7. The lowest BCUT2D eigenvalue weighted by atomic mass is 9.53. The van der Waals surface area contributed by atoms with Crippen molar-refractivity contribution in [1.29, 1.82) is 0 Å². The molecule has 0 radical (unpaired) electrons. The third-order valence-electron chi connectivity index (χ3n) is 5.30. The van der Waals surface area contributed by atoms with Gasteiger partial charge in [0.2, 0.25) is 0 Å². The lowest BCUT2D eigenvalue weighted by molar-refractivity contribution is -0.161. The number of rotatable bonds is 0. The number of aliphatic hydroxyl groups excluding tert-OH is 2. The van der Waals surface area contributed by atoms with Crippen molar-refractivity contribution in [1.82, 2.24) is 0 Å². The third kappa shape index (κ3) is 1.56. The first kappa shape index (κ1) is 12.9. The van der Waals surface area contributed by atoms with Gasteiger partial charge in [-0.15, -0.1) is 0 Å². The standard InChI is InChI=1S/C15H20O4/c1-7-4-5-10(17)15(3)6-9(16)11-8(2)14(18)19-13(11)12(7)15/h9-13,16-17H,1-2,4-6H2,3H3/t9-,10+,11-,12+,13-,15-/m1/s1.